The number of carbonyl (C=O) groups is 1. The Labute approximate surface area is 81.8 Å². The van der Waals surface area contributed by atoms with Crippen molar-refractivity contribution in [1.29, 1.82) is 0 Å². The Kier molecular flexibility index (Phi) is 10.4. The summed E-state index contributed by atoms with van der Waals surface area (Å²) in [6, 6.07) is 0. The molecule has 0 aliphatic heterocycles. The average molecular weight is 229 g/mol. The van der Waals surface area contributed by atoms with Crippen molar-refractivity contribution in [2.45, 2.75) is 25.7 Å². The Morgan fingerprint density at radius 3 is 2.00 bits per heavy atom. The molecule has 0 fully saturated rings. The molecule has 0 aliphatic rings. The lowest BCUT2D eigenvalue weighted by Crippen LogP contribution is -2.50. The number of rotatable bonds is 5. The topological polar surface area (TPSA) is 146 Å². The highest BCUT2D eigenvalue weighted by atomic mass is 31.2. The van der Waals surface area contributed by atoms with E-state index in [1.54, 1.807) is 0 Å². The first kappa shape index (κ1) is 16.0. The second-order valence-electron chi connectivity index (χ2n) is 2.55. The summed E-state index contributed by atoms with van der Waals surface area (Å²) < 4.78 is 8.77. The van der Waals surface area contributed by atoms with Crippen LogP contribution >= 0.6 is 7.82 Å². The molecule has 0 heterocycles. The van der Waals surface area contributed by atoms with Gasteiger partial charge in [-0.1, -0.05) is 0 Å². The van der Waals surface area contributed by atoms with Gasteiger partial charge in [-0.05, 0) is 19.3 Å². The van der Waals surface area contributed by atoms with Gasteiger partial charge in [0, 0.05) is 6.42 Å². The quantitative estimate of drug-likeness (QED) is 0.327. The number of aliphatic carboxylic acids is 1. The highest BCUT2D eigenvalue weighted by Crippen LogP contribution is 2.18. The standard InChI is InChI=1S/C6H13NO2.H3O4P/c7-5-3-1-2-4-6(8)9;1-5(2,3)4/h1-5,7H2,(H,8,9);(H3,1,2,3,4). The van der Waals surface area contributed by atoms with Crippen LogP contribution in [-0.4, -0.2) is 27.4 Å². The van der Waals surface area contributed by atoms with Crippen LogP contribution in [0.2, 0.25) is 0 Å². The fourth-order valence-electron chi connectivity index (χ4n) is 0.630. The van der Waals surface area contributed by atoms with Crippen molar-refractivity contribution in [2.24, 2.45) is 0 Å². The minimum Gasteiger partial charge on any atom is -0.756 e. The second-order valence-corrected chi connectivity index (χ2v) is 3.53. The van der Waals surface area contributed by atoms with E-state index in [1.165, 1.54) is 0 Å². The first-order valence-electron chi connectivity index (χ1n) is 4.05. The van der Waals surface area contributed by atoms with Crippen LogP contribution in [0.3, 0.4) is 0 Å². The highest BCUT2D eigenvalue weighted by molar-refractivity contribution is 7.43. The molecule has 0 unspecified atom stereocenters. The lowest BCUT2D eigenvalue weighted by atomic mass is 10.2. The van der Waals surface area contributed by atoms with Crippen molar-refractivity contribution in [1.82, 2.24) is 0 Å². The average Bonchev–Trinajstić information content (AvgIpc) is 1.94. The zero-order chi connectivity index (χ0) is 11.6. The molecule has 0 radical (unpaired) electrons. The van der Waals surface area contributed by atoms with E-state index in [1.807, 2.05) is 0 Å². The molecular formula is C6H16NO6P. The monoisotopic (exact) mass is 229 g/mol. The van der Waals surface area contributed by atoms with Gasteiger partial charge in [-0.3, -0.25) is 9.36 Å². The van der Waals surface area contributed by atoms with Gasteiger partial charge >= 0.3 is 5.97 Å². The number of carboxylic acid groups (broad SMARTS) is 1. The van der Waals surface area contributed by atoms with E-state index in [-0.39, 0.29) is 0 Å². The predicted octanol–water partition coefficient (Wildman–Crippen LogP) is -1.69. The number of phosphoric acid groups is 1. The Hall–Kier alpha value is -0.460. The summed E-state index contributed by atoms with van der Waals surface area (Å²) in [5, 5.41) is 8.20. The van der Waals surface area contributed by atoms with Crippen LogP contribution in [0.15, 0.2) is 0 Å². The first-order valence-corrected chi connectivity index (χ1v) is 5.58. The maximum absolute atomic E-state index is 9.95. The first-order chi connectivity index (χ1) is 6.27. The molecule has 0 bridgehead atoms. The van der Waals surface area contributed by atoms with Crippen LogP contribution in [0.25, 0.3) is 0 Å². The van der Waals surface area contributed by atoms with Crippen LogP contribution in [-0.2, 0) is 9.36 Å². The number of hydrogen-bond donors (Lipinski definition) is 4. The van der Waals surface area contributed by atoms with Crippen molar-refractivity contribution in [3.05, 3.63) is 0 Å². The largest absolute Gasteiger partial charge is 0.756 e. The molecule has 14 heavy (non-hydrogen) atoms. The lowest BCUT2D eigenvalue weighted by molar-refractivity contribution is -0.368. The zero-order valence-electron chi connectivity index (χ0n) is 7.76. The van der Waals surface area contributed by atoms with Gasteiger partial charge in [-0.2, -0.15) is 0 Å². The third-order valence-corrected chi connectivity index (χ3v) is 1.14. The fourth-order valence-corrected chi connectivity index (χ4v) is 0.630. The third kappa shape index (κ3) is 41.8. The number of hydrogen-bond acceptors (Lipinski definition) is 3. The molecule has 0 atom stereocenters. The Morgan fingerprint density at radius 2 is 1.71 bits per heavy atom. The summed E-state index contributed by atoms with van der Waals surface area (Å²) in [6.07, 6.45) is 3.15. The molecule has 0 saturated carbocycles. The van der Waals surface area contributed by atoms with Crippen molar-refractivity contribution in [3.8, 4) is 0 Å². The van der Waals surface area contributed by atoms with Gasteiger partial charge in [0.25, 0.3) is 7.82 Å². The number of carboxylic acids is 1. The molecule has 0 spiro atoms. The number of unbranched alkanes of at least 4 members (excludes halogenated alkanes) is 2. The summed E-state index contributed by atoms with van der Waals surface area (Å²) in [7, 11) is -4.89. The third-order valence-electron chi connectivity index (χ3n) is 1.14. The molecule has 8 heteroatoms. The van der Waals surface area contributed by atoms with Gasteiger partial charge in [0.2, 0.25) is 0 Å². The van der Waals surface area contributed by atoms with E-state index < -0.39 is 13.8 Å². The lowest BCUT2D eigenvalue weighted by Gasteiger charge is -2.01. The van der Waals surface area contributed by atoms with Crippen LogP contribution < -0.4 is 10.6 Å². The summed E-state index contributed by atoms with van der Waals surface area (Å²) in [5.41, 5.74) is 3.65. The Balaban J connectivity index is 0. The Morgan fingerprint density at radius 1 is 1.29 bits per heavy atom. The van der Waals surface area contributed by atoms with E-state index in [2.05, 4.69) is 5.73 Å². The second kappa shape index (κ2) is 9.11. The maximum Gasteiger partial charge on any atom is 0.303 e. The molecular weight excluding hydrogens is 213 g/mol. The van der Waals surface area contributed by atoms with E-state index in [4.69, 9.17) is 24.4 Å². The van der Waals surface area contributed by atoms with Crippen LogP contribution in [0.4, 0.5) is 0 Å². The van der Waals surface area contributed by atoms with Gasteiger partial charge in [0.1, 0.15) is 0 Å². The summed E-state index contributed by atoms with van der Waals surface area (Å²) in [4.78, 5) is 32.9. The summed E-state index contributed by atoms with van der Waals surface area (Å²) in [5.74, 6) is -0.695. The molecule has 0 aliphatic carbocycles. The molecule has 0 aromatic rings. The molecule has 86 valence electrons. The molecule has 6 N–H and O–H groups in total. The summed E-state index contributed by atoms with van der Waals surface area (Å²) >= 11 is 0. The molecule has 0 aromatic carbocycles. The van der Waals surface area contributed by atoms with Crippen molar-refractivity contribution < 1.29 is 34.9 Å². The molecule has 0 saturated heterocycles. The van der Waals surface area contributed by atoms with Gasteiger partial charge in [0.05, 0.1) is 6.54 Å². The van der Waals surface area contributed by atoms with Crippen molar-refractivity contribution in [3.63, 3.8) is 0 Å². The molecule has 0 rings (SSSR count). The normalized spacial score (nSPS) is 10.3. The fraction of sp³-hybridized carbons (Fsp3) is 0.833. The number of quaternary nitrogens is 1. The Bertz CT molecular complexity index is 182. The predicted molar refractivity (Wildman–Crippen MR) is 45.9 cm³/mol. The minimum atomic E-state index is -4.89. The molecule has 0 amide bonds. The zero-order valence-corrected chi connectivity index (χ0v) is 8.65. The van der Waals surface area contributed by atoms with Gasteiger partial charge < -0.3 is 25.5 Å². The SMILES string of the molecule is O=P([O-])(O)O.[NH3+]CCCCCC(=O)O. The molecule has 0 aromatic heterocycles. The highest BCUT2D eigenvalue weighted by Gasteiger charge is 1.94. The van der Waals surface area contributed by atoms with Crippen molar-refractivity contribution in [2.75, 3.05) is 6.54 Å². The minimum absolute atomic E-state index is 0.306. The smallest absolute Gasteiger partial charge is 0.303 e. The maximum atomic E-state index is 9.95. The van der Waals surface area contributed by atoms with E-state index in [9.17, 15) is 4.79 Å². The van der Waals surface area contributed by atoms with Gasteiger partial charge in [-0.15, -0.1) is 0 Å². The summed E-state index contributed by atoms with van der Waals surface area (Å²) in [6.45, 7) is 0.916. The van der Waals surface area contributed by atoms with Crippen LogP contribution in [0.5, 0.6) is 0 Å². The van der Waals surface area contributed by atoms with E-state index in [0.717, 1.165) is 25.8 Å². The van der Waals surface area contributed by atoms with Gasteiger partial charge in [0.15, 0.2) is 0 Å². The van der Waals surface area contributed by atoms with E-state index in [0.29, 0.717) is 6.42 Å². The van der Waals surface area contributed by atoms with E-state index >= 15 is 0 Å². The van der Waals surface area contributed by atoms with Crippen molar-refractivity contribution >= 4 is 13.8 Å². The van der Waals surface area contributed by atoms with Gasteiger partial charge in [-0.25, -0.2) is 0 Å². The van der Waals surface area contributed by atoms with Crippen LogP contribution in [0.1, 0.15) is 25.7 Å². The van der Waals surface area contributed by atoms with Crippen LogP contribution in [0, 0.1) is 0 Å². The molecule has 7 nitrogen and oxygen atoms in total.